The quantitative estimate of drug-likeness (QED) is 0.575. The van der Waals surface area contributed by atoms with Crippen LogP contribution in [0.5, 0.6) is 0 Å². The Kier molecular flexibility index (Phi) is 5.87. The Labute approximate surface area is 147 Å². The fourth-order valence-electron chi connectivity index (χ4n) is 3.19. The Morgan fingerprint density at radius 3 is 2.72 bits per heavy atom. The van der Waals surface area contributed by atoms with Gasteiger partial charge in [-0.15, -0.1) is 0 Å². The first kappa shape index (κ1) is 17.3. The number of hydrogen-bond acceptors (Lipinski definition) is 5. The van der Waals surface area contributed by atoms with Gasteiger partial charge in [0.2, 0.25) is 5.95 Å². The average Bonchev–Trinajstić information content (AvgIpc) is 2.62. The second-order valence-electron chi connectivity index (χ2n) is 6.40. The van der Waals surface area contributed by atoms with E-state index in [2.05, 4.69) is 25.9 Å². The van der Waals surface area contributed by atoms with Crippen LogP contribution in [0.2, 0.25) is 0 Å². The van der Waals surface area contributed by atoms with Crippen molar-refractivity contribution in [2.24, 2.45) is 0 Å². The molecule has 1 amide bonds. The molecule has 134 valence electrons. The second kappa shape index (κ2) is 8.50. The number of carbonyl (C=O) groups is 1. The third-order valence-electron chi connectivity index (χ3n) is 4.46. The van der Waals surface area contributed by atoms with E-state index in [1.807, 2.05) is 24.3 Å². The molecule has 4 N–H and O–H groups in total. The molecule has 0 atom stereocenters. The average molecular weight is 343 g/mol. The maximum atomic E-state index is 10.4. The molecule has 0 saturated heterocycles. The van der Waals surface area contributed by atoms with Crippen molar-refractivity contribution in [1.29, 1.82) is 0 Å². The summed E-state index contributed by atoms with van der Waals surface area (Å²) >= 11 is 0. The Bertz CT molecular complexity index is 716. The second-order valence-corrected chi connectivity index (χ2v) is 6.40. The number of rotatable bonds is 7. The van der Waals surface area contributed by atoms with Gasteiger partial charge in [-0.2, -0.15) is 4.98 Å². The van der Waals surface area contributed by atoms with Crippen LogP contribution in [0.1, 0.15) is 38.5 Å². The smallest absolute Gasteiger partial charge is 0.404 e. The number of hydrogen-bond donors (Lipinski definition) is 4. The van der Waals surface area contributed by atoms with E-state index < -0.39 is 6.09 Å². The molecule has 0 unspecified atom stereocenters. The molecule has 0 aliphatic heterocycles. The molecular weight excluding hydrogens is 318 g/mol. The lowest BCUT2D eigenvalue weighted by molar-refractivity contribution is 0.194. The van der Waals surface area contributed by atoms with Crippen LogP contribution in [0.4, 0.5) is 16.6 Å². The molecule has 1 aromatic carbocycles. The molecule has 1 aromatic heterocycles. The number of amides is 1. The highest BCUT2D eigenvalue weighted by Gasteiger charge is 2.16. The zero-order valence-electron chi connectivity index (χ0n) is 14.3. The Balaban J connectivity index is 1.69. The predicted octanol–water partition coefficient (Wildman–Crippen LogP) is 3.44. The minimum atomic E-state index is -0.999. The van der Waals surface area contributed by atoms with Crippen molar-refractivity contribution in [3.63, 3.8) is 0 Å². The first-order chi connectivity index (χ1) is 12.2. The fourth-order valence-corrected chi connectivity index (χ4v) is 3.19. The van der Waals surface area contributed by atoms with Crippen LogP contribution < -0.4 is 16.0 Å². The normalized spacial score (nSPS) is 15.0. The standard InChI is InChI=1S/C18H25N5O2/c24-18(25)20-12-6-11-19-17-22-15-10-5-4-9-14(15)16(23-17)21-13-7-2-1-3-8-13/h4-5,9-10,13,20H,1-3,6-8,11-12H2,(H,24,25)(H2,19,21,22,23). The number of fused-ring (bicyclic) bond motifs is 1. The molecule has 0 bridgehead atoms. The van der Waals surface area contributed by atoms with E-state index >= 15 is 0 Å². The lowest BCUT2D eigenvalue weighted by Gasteiger charge is -2.24. The van der Waals surface area contributed by atoms with Gasteiger partial charge in [0.25, 0.3) is 0 Å². The van der Waals surface area contributed by atoms with E-state index in [0.29, 0.717) is 31.5 Å². The summed E-state index contributed by atoms with van der Waals surface area (Å²) in [7, 11) is 0. The first-order valence-electron chi connectivity index (χ1n) is 8.96. The van der Waals surface area contributed by atoms with E-state index in [1.165, 1.54) is 32.1 Å². The molecule has 1 fully saturated rings. The van der Waals surface area contributed by atoms with Gasteiger partial charge in [-0.25, -0.2) is 9.78 Å². The maximum Gasteiger partial charge on any atom is 0.404 e. The highest BCUT2D eigenvalue weighted by Crippen LogP contribution is 2.26. The van der Waals surface area contributed by atoms with Crippen LogP contribution >= 0.6 is 0 Å². The Morgan fingerprint density at radius 2 is 1.92 bits per heavy atom. The molecule has 0 spiro atoms. The predicted molar refractivity (Wildman–Crippen MR) is 99.2 cm³/mol. The van der Waals surface area contributed by atoms with Crippen molar-refractivity contribution in [3.05, 3.63) is 24.3 Å². The minimum Gasteiger partial charge on any atom is -0.465 e. The topological polar surface area (TPSA) is 99.2 Å². The zero-order chi connectivity index (χ0) is 17.5. The van der Waals surface area contributed by atoms with Gasteiger partial charge in [0.15, 0.2) is 0 Å². The molecule has 1 heterocycles. The Morgan fingerprint density at radius 1 is 1.12 bits per heavy atom. The molecule has 7 nitrogen and oxygen atoms in total. The molecule has 1 aliphatic carbocycles. The van der Waals surface area contributed by atoms with Gasteiger partial charge in [0, 0.05) is 24.5 Å². The number of anilines is 2. The summed E-state index contributed by atoms with van der Waals surface area (Å²) in [5.74, 6) is 1.45. The Hall–Kier alpha value is -2.57. The van der Waals surface area contributed by atoms with Gasteiger partial charge in [0.1, 0.15) is 5.82 Å². The van der Waals surface area contributed by atoms with Crippen molar-refractivity contribution in [1.82, 2.24) is 15.3 Å². The molecule has 2 aromatic rings. The third-order valence-corrected chi connectivity index (χ3v) is 4.46. The maximum absolute atomic E-state index is 10.4. The summed E-state index contributed by atoms with van der Waals surface area (Å²) in [6.45, 7) is 1.02. The minimum absolute atomic E-state index is 0.406. The summed E-state index contributed by atoms with van der Waals surface area (Å²) in [5.41, 5.74) is 0.905. The van der Waals surface area contributed by atoms with Crippen LogP contribution in [0.3, 0.4) is 0 Å². The van der Waals surface area contributed by atoms with E-state index in [1.54, 1.807) is 0 Å². The largest absolute Gasteiger partial charge is 0.465 e. The van der Waals surface area contributed by atoms with Crippen LogP contribution in [-0.2, 0) is 0 Å². The number of nitrogens with one attached hydrogen (secondary N) is 3. The summed E-state index contributed by atoms with van der Waals surface area (Å²) in [6.07, 6.45) is 5.89. The molecule has 7 heteroatoms. The van der Waals surface area contributed by atoms with E-state index in [4.69, 9.17) is 5.11 Å². The lowest BCUT2D eigenvalue weighted by atomic mass is 9.95. The lowest BCUT2D eigenvalue weighted by Crippen LogP contribution is -2.24. The molecule has 25 heavy (non-hydrogen) atoms. The zero-order valence-corrected chi connectivity index (χ0v) is 14.3. The van der Waals surface area contributed by atoms with Gasteiger partial charge in [0.05, 0.1) is 5.52 Å². The number of benzene rings is 1. The van der Waals surface area contributed by atoms with Crippen molar-refractivity contribution in [2.45, 2.75) is 44.6 Å². The fraction of sp³-hybridized carbons (Fsp3) is 0.500. The van der Waals surface area contributed by atoms with Gasteiger partial charge in [-0.05, 0) is 31.4 Å². The summed E-state index contributed by atoms with van der Waals surface area (Å²) in [5, 5.41) is 18.8. The van der Waals surface area contributed by atoms with Crippen LogP contribution in [0.15, 0.2) is 24.3 Å². The van der Waals surface area contributed by atoms with Crippen molar-refractivity contribution in [3.8, 4) is 0 Å². The van der Waals surface area contributed by atoms with Crippen LogP contribution in [0.25, 0.3) is 10.9 Å². The summed E-state index contributed by atoms with van der Waals surface area (Å²) in [4.78, 5) is 19.7. The molecule has 0 radical (unpaired) electrons. The third kappa shape index (κ3) is 4.95. The molecular formula is C18H25N5O2. The van der Waals surface area contributed by atoms with E-state index in [9.17, 15) is 4.79 Å². The molecule has 1 saturated carbocycles. The van der Waals surface area contributed by atoms with Crippen LogP contribution in [0, 0.1) is 0 Å². The number of carboxylic acid groups (broad SMARTS) is 1. The highest BCUT2D eigenvalue weighted by atomic mass is 16.4. The van der Waals surface area contributed by atoms with Gasteiger partial charge < -0.3 is 21.1 Å². The SMILES string of the molecule is O=C(O)NCCCNc1nc(NC2CCCCC2)c2ccccc2n1. The van der Waals surface area contributed by atoms with Crippen LogP contribution in [-0.4, -0.2) is 40.3 Å². The van der Waals surface area contributed by atoms with Gasteiger partial charge in [-0.1, -0.05) is 31.4 Å². The molecule has 3 rings (SSSR count). The van der Waals surface area contributed by atoms with Crippen molar-refractivity contribution >= 4 is 28.8 Å². The van der Waals surface area contributed by atoms with Gasteiger partial charge in [-0.3, -0.25) is 0 Å². The molecule has 1 aliphatic rings. The first-order valence-corrected chi connectivity index (χ1v) is 8.96. The van der Waals surface area contributed by atoms with E-state index in [0.717, 1.165) is 16.7 Å². The number of aromatic nitrogens is 2. The number of nitrogens with zero attached hydrogens (tertiary/aromatic N) is 2. The van der Waals surface area contributed by atoms with Gasteiger partial charge >= 0.3 is 6.09 Å². The van der Waals surface area contributed by atoms with Crippen molar-refractivity contribution in [2.75, 3.05) is 23.7 Å². The van der Waals surface area contributed by atoms with Crippen molar-refractivity contribution < 1.29 is 9.90 Å². The van der Waals surface area contributed by atoms with E-state index in [-0.39, 0.29) is 0 Å². The monoisotopic (exact) mass is 343 g/mol. The highest BCUT2D eigenvalue weighted by molar-refractivity contribution is 5.90. The summed E-state index contributed by atoms with van der Waals surface area (Å²) in [6, 6.07) is 8.48. The number of para-hydroxylation sites is 1. The summed E-state index contributed by atoms with van der Waals surface area (Å²) < 4.78 is 0.